The fourth-order valence-corrected chi connectivity index (χ4v) is 1.35. The van der Waals surface area contributed by atoms with Gasteiger partial charge in [-0.15, -0.1) is 0 Å². The largest absolute Gasteiger partial charge is 0.463 e. The highest BCUT2D eigenvalue weighted by molar-refractivity contribution is 5.93. The van der Waals surface area contributed by atoms with Crippen LogP contribution in [0, 0.1) is 0 Å². The molecule has 0 aromatic heterocycles. The first kappa shape index (κ1) is 6.64. The van der Waals surface area contributed by atoms with E-state index in [1.165, 1.54) is 0 Å². The van der Waals surface area contributed by atoms with Gasteiger partial charge in [-0.2, -0.15) is 4.99 Å². The van der Waals surface area contributed by atoms with Gasteiger partial charge in [-0.05, 0) is 6.92 Å². The number of hydrogen-bond donors (Lipinski definition) is 0. The molecule has 0 radical (unpaired) electrons. The molecule has 0 saturated carbocycles. The van der Waals surface area contributed by atoms with E-state index in [4.69, 9.17) is 4.74 Å². The number of carbonyl (C=O) groups excluding carboxylic acids is 1. The molecule has 2 aliphatic heterocycles. The minimum Gasteiger partial charge on any atom is -0.463 e. The second-order valence-corrected chi connectivity index (χ2v) is 2.89. The van der Waals surface area contributed by atoms with Gasteiger partial charge in [-0.1, -0.05) is 0 Å². The van der Waals surface area contributed by atoms with Crippen LogP contribution in [0.3, 0.4) is 0 Å². The average molecular weight is 154 g/mol. The maximum Gasteiger partial charge on any atom is 0.295 e. The first-order valence-corrected chi connectivity index (χ1v) is 3.78. The van der Waals surface area contributed by atoms with E-state index in [-0.39, 0.29) is 5.91 Å². The van der Waals surface area contributed by atoms with E-state index in [9.17, 15) is 4.79 Å². The lowest BCUT2D eigenvalue weighted by Crippen LogP contribution is -2.37. The van der Waals surface area contributed by atoms with Gasteiger partial charge < -0.3 is 9.64 Å². The van der Waals surface area contributed by atoms with Crippen molar-refractivity contribution in [3.63, 3.8) is 0 Å². The molecule has 0 aliphatic carbocycles. The van der Waals surface area contributed by atoms with Crippen molar-refractivity contribution in [3.8, 4) is 0 Å². The van der Waals surface area contributed by atoms with Gasteiger partial charge in [-0.25, -0.2) is 0 Å². The summed E-state index contributed by atoms with van der Waals surface area (Å²) in [5.74, 6) is -0.0645. The highest BCUT2D eigenvalue weighted by atomic mass is 16.5. The van der Waals surface area contributed by atoms with Crippen molar-refractivity contribution in [2.24, 2.45) is 4.99 Å². The number of amidine groups is 1. The third-order valence-corrected chi connectivity index (χ3v) is 2.02. The molecule has 4 nitrogen and oxygen atoms in total. The highest BCUT2D eigenvalue weighted by Crippen LogP contribution is 2.16. The fourth-order valence-electron chi connectivity index (χ4n) is 1.35. The minimum atomic E-state index is -0.0645. The van der Waals surface area contributed by atoms with Crippen LogP contribution in [0.2, 0.25) is 0 Å². The predicted octanol–water partition coefficient (Wildman–Crippen LogP) is -0.00660. The zero-order valence-electron chi connectivity index (χ0n) is 6.41. The molecule has 0 aromatic carbocycles. The molecule has 2 rings (SSSR count). The van der Waals surface area contributed by atoms with Gasteiger partial charge >= 0.3 is 0 Å². The van der Waals surface area contributed by atoms with Crippen LogP contribution in [0.1, 0.15) is 13.3 Å². The quantitative estimate of drug-likeness (QED) is 0.493. The van der Waals surface area contributed by atoms with E-state index in [0.717, 1.165) is 6.54 Å². The summed E-state index contributed by atoms with van der Waals surface area (Å²) in [4.78, 5) is 16.6. The maximum absolute atomic E-state index is 10.8. The molecule has 0 spiro atoms. The van der Waals surface area contributed by atoms with Crippen molar-refractivity contribution < 1.29 is 9.53 Å². The number of hydrogen-bond acceptors (Lipinski definition) is 3. The van der Waals surface area contributed by atoms with Crippen LogP contribution in [0.5, 0.6) is 0 Å². The van der Waals surface area contributed by atoms with Crippen molar-refractivity contribution in [2.75, 3.05) is 13.2 Å². The van der Waals surface area contributed by atoms with Crippen molar-refractivity contribution in [1.82, 2.24) is 4.90 Å². The third-order valence-electron chi connectivity index (χ3n) is 2.02. The van der Waals surface area contributed by atoms with Gasteiger partial charge in [0, 0.05) is 13.0 Å². The lowest BCUT2D eigenvalue weighted by Gasteiger charge is -2.22. The van der Waals surface area contributed by atoms with Crippen LogP contribution in [0.25, 0.3) is 0 Å². The molecule has 0 aromatic rings. The smallest absolute Gasteiger partial charge is 0.295 e. The summed E-state index contributed by atoms with van der Waals surface area (Å²) in [5.41, 5.74) is 0. The Kier molecular flexibility index (Phi) is 1.34. The summed E-state index contributed by atoms with van der Waals surface area (Å²) < 4.78 is 5.19. The Balaban J connectivity index is 2.24. The molecule has 1 amide bonds. The van der Waals surface area contributed by atoms with E-state index in [2.05, 4.69) is 11.9 Å². The molecule has 1 fully saturated rings. The molecular formula is C7H10N2O2. The molecule has 1 atom stereocenters. The number of carbonyl (C=O) groups is 1. The minimum absolute atomic E-state index is 0.0645. The lowest BCUT2D eigenvalue weighted by molar-refractivity contribution is -0.118. The molecule has 60 valence electrons. The molecular weight excluding hydrogens is 144 g/mol. The number of rotatable bonds is 0. The average Bonchev–Trinajstić information content (AvgIpc) is 2.32. The van der Waals surface area contributed by atoms with E-state index in [0.29, 0.717) is 25.1 Å². The van der Waals surface area contributed by atoms with Crippen molar-refractivity contribution >= 4 is 11.9 Å². The van der Waals surface area contributed by atoms with Gasteiger partial charge in [0.25, 0.3) is 11.9 Å². The SMILES string of the molecule is CC1COC2=NC(=O)CCN21. The van der Waals surface area contributed by atoms with E-state index in [1.807, 2.05) is 4.90 Å². The van der Waals surface area contributed by atoms with Gasteiger partial charge in [-0.3, -0.25) is 4.79 Å². The standard InChI is InChI=1S/C7H10N2O2/c1-5-4-11-7-8-6(10)2-3-9(5)7/h5H,2-4H2,1H3. The third kappa shape index (κ3) is 0.982. The van der Waals surface area contributed by atoms with Crippen LogP contribution >= 0.6 is 0 Å². The van der Waals surface area contributed by atoms with Crippen molar-refractivity contribution in [3.05, 3.63) is 0 Å². The van der Waals surface area contributed by atoms with E-state index in [1.54, 1.807) is 0 Å². The molecule has 1 saturated heterocycles. The maximum atomic E-state index is 10.8. The fraction of sp³-hybridized carbons (Fsp3) is 0.714. The van der Waals surface area contributed by atoms with Gasteiger partial charge in [0.15, 0.2) is 0 Å². The summed E-state index contributed by atoms with van der Waals surface area (Å²) in [5, 5.41) is 0. The van der Waals surface area contributed by atoms with E-state index < -0.39 is 0 Å². The summed E-state index contributed by atoms with van der Waals surface area (Å²) in [7, 11) is 0. The Labute approximate surface area is 64.8 Å². The molecule has 1 unspecified atom stereocenters. The Hall–Kier alpha value is -1.06. The number of amides is 1. The number of ether oxygens (including phenoxy) is 1. The Morgan fingerprint density at radius 3 is 3.36 bits per heavy atom. The van der Waals surface area contributed by atoms with Crippen LogP contribution in [-0.4, -0.2) is 36.0 Å². The van der Waals surface area contributed by atoms with Crippen molar-refractivity contribution in [1.29, 1.82) is 0 Å². The Morgan fingerprint density at radius 2 is 2.55 bits per heavy atom. The number of aliphatic imine (C=N–C) groups is 1. The first-order chi connectivity index (χ1) is 5.27. The highest BCUT2D eigenvalue weighted by Gasteiger charge is 2.31. The van der Waals surface area contributed by atoms with Gasteiger partial charge in [0.05, 0.1) is 6.04 Å². The second kappa shape index (κ2) is 2.22. The van der Waals surface area contributed by atoms with E-state index >= 15 is 0 Å². The van der Waals surface area contributed by atoms with Gasteiger partial charge in [0.2, 0.25) is 0 Å². The lowest BCUT2D eigenvalue weighted by atomic mass is 10.3. The van der Waals surface area contributed by atoms with Crippen LogP contribution in [-0.2, 0) is 9.53 Å². The summed E-state index contributed by atoms with van der Waals surface area (Å²) in [6.07, 6.45) is 0.525. The monoisotopic (exact) mass is 154 g/mol. The zero-order chi connectivity index (χ0) is 7.84. The molecule has 0 N–H and O–H groups in total. The molecule has 2 aliphatic rings. The molecule has 0 bridgehead atoms. The number of fused-ring (bicyclic) bond motifs is 1. The Bertz CT molecular complexity index is 224. The van der Waals surface area contributed by atoms with Crippen molar-refractivity contribution in [2.45, 2.75) is 19.4 Å². The summed E-state index contributed by atoms with van der Waals surface area (Å²) >= 11 is 0. The summed E-state index contributed by atoms with van der Waals surface area (Å²) in [6, 6.07) is 0.899. The second-order valence-electron chi connectivity index (χ2n) is 2.89. The summed E-state index contributed by atoms with van der Waals surface area (Å²) in [6.45, 7) is 3.49. The topological polar surface area (TPSA) is 41.9 Å². The van der Waals surface area contributed by atoms with Crippen LogP contribution in [0.4, 0.5) is 0 Å². The van der Waals surface area contributed by atoms with Crippen LogP contribution < -0.4 is 0 Å². The molecule has 4 heteroatoms. The predicted molar refractivity (Wildman–Crippen MR) is 39.2 cm³/mol. The zero-order valence-corrected chi connectivity index (χ0v) is 6.41. The van der Waals surface area contributed by atoms with Crippen LogP contribution in [0.15, 0.2) is 4.99 Å². The molecule has 11 heavy (non-hydrogen) atoms. The molecule has 2 heterocycles. The normalized spacial score (nSPS) is 29.5. The Morgan fingerprint density at radius 1 is 1.73 bits per heavy atom. The number of nitrogens with zero attached hydrogens (tertiary/aromatic N) is 2. The van der Waals surface area contributed by atoms with Gasteiger partial charge in [0.1, 0.15) is 6.61 Å². The first-order valence-electron chi connectivity index (χ1n) is 3.78.